The summed E-state index contributed by atoms with van der Waals surface area (Å²) < 4.78 is 0. The molecule has 0 atom stereocenters. The third-order valence-corrected chi connectivity index (χ3v) is 2.81. The fraction of sp³-hybridized carbons (Fsp3) is 0. The van der Waals surface area contributed by atoms with Crippen LogP contribution in [0.25, 0.3) is 10.6 Å². The second-order valence-electron chi connectivity index (χ2n) is 2.37. The molecule has 0 N–H and O–H groups in total. The van der Waals surface area contributed by atoms with Crippen LogP contribution in [0.15, 0.2) is 23.7 Å². The first-order valence-electron chi connectivity index (χ1n) is 3.49. The SMILES string of the molecule is Clc1ccc(Cl)c(-c2nncs2)c1. The first-order chi connectivity index (χ1) is 6.27. The lowest BCUT2D eigenvalue weighted by Gasteiger charge is -1.99. The Kier molecular flexibility index (Phi) is 2.49. The number of hydrogen-bond acceptors (Lipinski definition) is 3. The maximum Gasteiger partial charge on any atom is 0.149 e. The van der Waals surface area contributed by atoms with Gasteiger partial charge in [0.15, 0.2) is 0 Å². The molecule has 0 fully saturated rings. The maximum atomic E-state index is 5.97. The lowest BCUT2D eigenvalue weighted by Crippen LogP contribution is -1.78. The molecule has 0 aliphatic rings. The van der Waals surface area contributed by atoms with Crippen LogP contribution in [0.4, 0.5) is 0 Å². The fourth-order valence-electron chi connectivity index (χ4n) is 0.952. The van der Waals surface area contributed by atoms with Gasteiger partial charge in [-0.2, -0.15) is 0 Å². The summed E-state index contributed by atoms with van der Waals surface area (Å²) in [6.07, 6.45) is 0. The summed E-state index contributed by atoms with van der Waals surface area (Å²) in [6.45, 7) is 0. The quantitative estimate of drug-likeness (QED) is 0.750. The molecule has 2 aromatic rings. The number of halogens is 2. The Morgan fingerprint density at radius 2 is 2.08 bits per heavy atom. The Morgan fingerprint density at radius 1 is 1.23 bits per heavy atom. The Balaban J connectivity index is 2.57. The van der Waals surface area contributed by atoms with E-state index in [4.69, 9.17) is 23.2 Å². The molecule has 5 heteroatoms. The van der Waals surface area contributed by atoms with E-state index < -0.39 is 0 Å². The molecule has 0 saturated carbocycles. The minimum atomic E-state index is 0.640. The molecule has 0 aliphatic carbocycles. The Labute approximate surface area is 89.1 Å². The first-order valence-corrected chi connectivity index (χ1v) is 5.12. The molecule has 0 saturated heterocycles. The predicted molar refractivity (Wildman–Crippen MR) is 55.4 cm³/mol. The van der Waals surface area contributed by atoms with E-state index in [2.05, 4.69) is 10.2 Å². The summed E-state index contributed by atoms with van der Waals surface area (Å²) in [6, 6.07) is 5.28. The number of benzene rings is 1. The van der Waals surface area contributed by atoms with Crippen LogP contribution in [-0.4, -0.2) is 10.2 Å². The van der Waals surface area contributed by atoms with Gasteiger partial charge in [-0.1, -0.05) is 34.5 Å². The van der Waals surface area contributed by atoms with Crippen molar-refractivity contribution in [3.8, 4) is 10.6 Å². The third kappa shape index (κ3) is 1.82. The Bertz CT molecular complexity index is 414. The highest BCUT2D eigenvalue weighted by Crippen LogP contribution is 2.30. The molecule has 13 heavy (non-hydrogen) atoms. The van der Waals surface area contributed by atoms with Crippen LogP contribution in [0.1, 0.15) is 0 Å². The summed E-state index contributed by atoms with van der Waals surface area (Å²) in [5.41, 5.74) is 2.49. The second kappa shape index (κ2) is 3.62. The first kappa shape index (κ1) is 8.94. The van der Waals surface area contributed by atoms with Crippen molar-refractivity contribution in [2.24, 2.45) is 0 Å². The van der Waals surface area contributed by atoms with Crippen molar-refractivity contribution in [2.45, 2.75) is 0 Å². The van der Waals surface area contributed by atoms with Crippen LogP contribution < -0.4 is 0 Å². The molecule has 66 valence electrons. The normalized spacial score (nSPS) is 10.3. The molecule has 0 amide bonds. The molecule has 0 bridgehead atoms. The van der Waals surface area contributed by atoms with Gasteiger partial charge < -0.3 is 0 Å². The van der Waals surface area contributed by atoms with Gasteiger partial charge in [0.25, 0.3) is 0 Å². The highest BCUT2D eigenvalue weighted by Gasteiger charge is 2.06. The smallest absolute Gasteiger partial charge is 0.147 e. The van der Waals surface area contributed by atoms with Crippen LogP contribution in [-0.2, 0) is 0 Å². The van der Waals surface area contributed by atoms with E-state index >= 15 is 0 Å². The van der Waals surface area contributed by atoms with Crippen LogP contribution in [0.5, 0.6) is 0 Å². The Morgan fingerprint density at radius 3 is 2.77 bits per heavy atom. The van der Waals surface area contributed by atoms with Crippen molar-refractivity contribution < 1.29 is 0 Å². The molecule has 0 radical (unpaired) electrons. The maximum absolute atomic E-state index is 5.97. The highest BCUT2D eigenvalue weighted by atomic mass is 35.5. The van der Waals surface area contributed by atoms with Gasteiger partial charge in [0.1, 0.15) is 10.5 Å². The van der Waals surface area contributed by atoms with E-state index in [1.54, 1.807) is 23.7 Å². The largest absolute Gasteiger partial charge is 0.149 e. The summed E-state index contributed by atoms with van der Waals surface area (Å²) in [5.74, 6) is 0. The standard InChI is InChI=1S/C8H4Cl2N2S/c9-5-1-2-7(10)6(3-5)8-12-11-4-13-8/h1-4H. The lowest BCUT2D eigenvalue weighted by atomic mass is 10.2. The average Bonchev–Trinajstić information content (AvgIpc) is 2.61. The summed E-state index contributed by atoms with van der Waals surface area (Å²) in [5, 5.41) is 9.72. The van der Waals surface area contributed by atoms with Crippen molar-refractivity contribution in [3.05, 3.63) is 33.8 Å². The van der Waals surface area contributed by atoms with Crippen molar-refractivity contribution in [3.63, 3.8) is 0 Å². The van der Waals surface area contributed by atoms with Crippen LogP contribution >= 0.6 is 34.5 Å². The number of rotatable bonds is 1. The van der Waals surface area contributed by atoms with Crippen molar-refractivity contribution in [2.75, 3.05) is 0 Å². The van der Waals surface area contributed by atoms with Crippen molar-refractivity contribution in [1.29, 1.82) is 0 Å². The van der Waals surface area contributed by atoms with Crippen molar-refractivity contribution in [1.82, 2.24) is 10.2 Å². The zero-order chi connectivity index (χ0) is 9.26. The van der Waals surface area contributed by atoms with E-state index in [1.165, 1.54) is 11.3 Å². The minimum Gasteiger partial charge on any atom is -0.147 e. The molecular formula is C8H4Cl2N2S. The van der Waals surface area contributed by atoms with E-state index in [0.717, 1.165) is 10.6 Å². The highest BCUT2D eigenvalue weighted by molar-refractivity contribution is 7.12. The summed E-state index contributed by atoms with van der Waals surface area (Å²) >= 11 is 13.2. The van der Waals surface area contributed by atoms with Gasteiger partial charge in [-0.05, 0) is 18.2 Å². The van der Waals surface area contributed by atoms with E-state index in [1.807, 2.05) is 0 Å². The minimum absolute atomic E-state index is 0.640. The average molecular weight is 231 g/mol. The molecule has 0 unspecified atom stereocenters. The monoisotopic (exact) mass is 230 g/mol. The topological polar surface area (TPSA) is 25.8 Å². The van der Waals surface area contributed by atoms with Gasteiger partial charge in [0, 0.05) is 10.6 Å². The number of hydrogen-bond donors (Lipinski definition) is 0. The molecular weight excluding hydrogens is 227 g/mol. The fourth-order valence-corrected chi connectivity index (χ4v) is 1.97. The van der Waals surface area contributed by atoms with Gasteiger partial charge in [-0.3, -0.25) is 0 Å². The van der Waals surface area contributed by atoms with E-state index in [0.29, 0.717) is 10.0 Å². The molecule has 1 aromatic heterocycles. The second-order valence-corrected chi connectivity index (χ2v) is 4.04. The summed E-state index contributed by atoms with van der Waals surface area (Å²) in [4.78, 5) is 0. The zero-order valence-electron chi connectivity index (χ0n) is 6.37. The van der Waals surface area contributed by atoms with Crippen LogP contribution in [0.3, 0.4) is 0 Å². The number of aromatic nitrogens is 2. The lowest BCUT2D eigenvalue weighted by molar-refractivity contribution is 1.10. The number of nitrogens with zero attached hydrogens (tertiary/aromatic N) is 2. The zero-order valence-corrected chi connectivity index (χ0v) is 8.70. The van der Waals surface area contributed by atoms with Crippen molar-refractivity contribution >= 4 is 34.5 Å². The molecule has 2 nitrogen and oxygen atoms in total. The Hall–Kier alpha value is -0.640. The van der Waals surface area contributed by atoms with Gasteiger partial charge >= 0.3 is 0 Å². The van der Waals surface area contributed by atoms with Crippen LogP contribution in [0.2, 0.25) is 10.0 Å². The van der Waals surface area contributed by atoms with Gasteiger partial charge in [-0.15, -0.1) is 10.2 Å². The third-order valence-electron chi connectivity index (χ3n) is 1.52. The molecule has 1 heterocycles. The van der Waals surface area contributed by atoms with Gasteiger partial charge in [0.05, 0.1) is 5.02 Å². The molecule has 1 aromatic carbocycles. The van der Waals surface area contributed by atoms with Crippen LogP contribution in [0, 0.1) is 0 Å². The molecule has 2 rings (SSSR count). The van der Waals surface area contributed by atoms with E-state index in [-0.39, 0.29) is 0 Å². The molecule has 0 aliphatic heterocycles. The predicted octanol–water partition coefficient (Wildman–Crippen LogP) is 3.51. The summed E-state index contributed by atoms with van der Waals surface area (Å²) in [7, 11) is 0. The van der Waals surface area contributed by atoms with Gasteiger partial charge in [-0.25, -0.2) is 0 Å². The molecule has 0 spiro atoms. The van der Waals surface area contributed by atoms with E-state index in [9.17, 15) is 0 Å². The van der Waals surface area contributed by atoms with Gasteiger partial charge in [0.2, 0.25) is 0 Å².